The largest absolute Gasteiger partial charge is 0.371 e. The Hall–Kier alpha value is -1.60. The highest BCUT2D eigenvalue weighted by Crippen LogP contribution is 2.13. The third-order valence-electron chi connectivity index (χ3n) is 3.90. The molecule has 0 bridgehead atoms. The van der Waals surface area contributed by atoms with Crippen molar-refractivity contribution in [2.75, 3.05) is 13.6 Å². The number of benzene rings is 2. The smallest absolute Gasteiger partial charge is 0.191 e. The van der Waals surface area contributed by atoms with Gasteiger partial charge in [-0.3, -0.25) is 4.99 Å². The molecule has 0 fully saturated rings. The Morgan fingerprint density at radius 1 is 0.926 bits per heavy atom. The molecule has 2 N–H and O–H groups in total. The van der Waals surface area contributed by atoms with Gasteiger partial charge in [0.2, 0.25) is 0 Å². The van der Waals surface area contributed by atoms with Crippen LogP contribution >= 0.6 is 24.0 Å². The Morgan fingerprint density at radius 3 is 2.26 bits per heavy atom. The second-order valence-electron chi connectivity index (χ2n) is 7.31. The van der Waals surface area contributed by atoms with E-state index in [4.69, 9.17) is 4.74 Å². The van der Waals surface area contributed by atoms with Crippen LogP contribution in [0.25, 0.3) is 0 Å². The Balaban J connectivity index is 0.00000364. The molecule has 148 valence electrons. The van der Waals surface area contributed by atoms with E-state index in [-0.39, 0.29) is 29.6 Å². The monoisotopic (exact) mass is 481 g/mol. The van der Waals surface area contributed by atoms with Crippen molar-refractivity contribution in [3.8, 4) is 0 Å². The average molecular weight is 481 g/mol. The fourth-order valence-corrected chi connectivity index (χ4v) is 2.51. The molecule has 0 saturated carbocycles. The van der Waals surface area contributed by atoms with Crippen LogP contribution in [0.4, 0.5) is 0 Å². The van der Waals surface area contributed by atoms with Gasteiger partial charge in [-0.05, 0) is 43.9 Å². The lowest BCUT2D eigenvalue weighted by atomic mass is 10.1. The van der Waals surface area contributed by atoms with Crippen LogP contribution in [-0.4, -0.2) is 25.2 Å². The molecule has 0 unspecified atom stereocenters. The first-order valence-electron chi connectivity index (χ1n) is 9.16. The molecule has 0 aliphatic heterocycles. The highest BCUT2D eigenvalue weighted by Gasteiger charge is 2.10. The molecule has 27 heavy (non-hydrogen) atoms. The van der Waals surface area contributed by atoms with Crippen LogP contribution in [0, 0.1) is 0 Å². The van der Waals surface area contributed by atoms with Gasteiger partial charge in [0.05, 0.1) is 12.2 Å². The summed E-state index contributed by atoms with van der Waals surface area (Å²) in [5, 5.41) is 6.73. The van der Waals surface area contributed by atoms with Crippen LogP contribution in [0.1, 0.15) is 37.5 Å². The van der Waals surface area contributed by atoms with Gasteiger partial charge in [-0.15, -0.1) is 24.0 Å². The summed E-state index contributed by atoms with van der Waals surface area (Å²) in [6.45, 7) is 8.43. The summed E-state index contributed by atoms with van der Waals surface area (Å²) in [7, 11) is 1.80. The van der Waals surface area contributed by atoms with Crippen molar-refractivity contribution in [3.05, 3.63) is 71.3 Å². The number of nitrogens with zero attached hydrogens (tertiary/aromatic N) is 1. The molecule has 2 rings (SSSR count). The molecule has 5 heteroatoms. The number of hydrogen-bond acceptors (Lipinski definition) is 2. The third kappa shape index (κ3) is 9.77. The summed E-state index contributed by atoms with van der Waals surface area (Å²) in [5.41, 5.74) is 3.60. The van der Waals surface area contributed by atoms with Crippen LogP contribution in [0.15, 0.2) is 59.6 Å². The topological polar surface area (TPSA) is 45.7 Å². The lowest BCUT2D eigenvalue weighted by Gasteiger charge is -2.19. The predicted molar refractivity (Wildman–Crippen MR) is 125 cm³/mol. The zero-order valence-electron chi connectivity index (χ0n) is 16.8. The van der Waals surface area contributed by atoms with E-state index < -0.39 is 0 Å². The number of rotatable bonds is 7. The zero-order chi connectivity index (χ0) is 18.8. The highest BCUT2D eigenvalue weighted by molar-refractivity contribution is 14.0. The van der Waals surface area contributed by atoms with Gasteiger partial charge in [0, 0.05) is 20.1 Å². The third-order valence-corrected chi connectivity index (χ3v) is 3.90. The van der Waals surface area contributed by atoms with E-state index in [0.29, 0.717) is 6.61 Å². The van der Waals surface area contributed by atoms with Gasteiger partial charge in [-0.25, -0.2) is 0 Å². The fourth-order valence-electron chi connectivity index (χ4n) is 2.51. The Bertz CT molecular complexity index is 696. The van der Waals surface area contributed by atoms with Crippen molar-refractivity contribution in [3.63, 3.8) is 0 Å². The molecule has 0 radical (unpaired) electrons. The first-order chi connectivity index (χ1) is 12.5. The maximum atomic E-state index is 5.86. The standard InChI is InChI=1S/C22H31N3O.HI/c1-22(2,3)26-17-20-12-8-11-19(15-20)16-25-21(23-4)24-14-13-18-9-6-5-7-10-18;/h5-12,15H,13-14,16-17H2,1-4H3,(H2,23,24,25);1H. The summed E-state index contributed by atoms with van der Waals surface area (Å²) < 4.78 is 5.86. The minimum atomic E-state index is -0.126. The molecule has 0 heterocycles. The molecule has 0 saturated heterocycles. The van der Waals surface area contributed by atoms with E-state index in [1.165, 1.54) is 16.7 Å². The van der Waals surface area contributed by atoms with Crippen LogP contribution < -0.4 is 10.6 Å². The van der Waals surface area contributed by atoms with Crippen LogP contribution in [0.3, 0.4) is 0 Å². The molecular formula is C22H32IN3O. The molecule has 4 nitrogen and oxygen atoms in total. The van der Waals surface area contributed by atoms with Gasteiger partial charge in [-0.2, -0.15) is 0 Å². The van der Waals surface area contributed by atoms with Crippen LogP contribution in [-0.2, 0) is 24.3 Å². The number of hydrogen-bond donors (Lipinski definition) is 2. The normalized spacial score (nSPS) is 11.6. The van der Waals surface area contributed by atoms with E-state index in [2.05, 4.69) is 84.9 Å². The molecule has 2 aromatic rings. The Kier molecular flexibility index (Phi) is 10.4. The summed E-state index contributed by atoms with van der Waals surface area (Å²) in [6.07, 6.45) is 0.973. The van der Waals surface area contributed by atoms with Crippen LogP contribution in [0.5, 0.6) is 0 Å². The maximum absolute atomic E-state index is 5.86. The SMILES string of the molecule is CN=C(NCCc1ccccc1)NCc1cccc(COC(C)(C)C)c1.I. The highest BCUT2D eigenvalue weighted by atomic mass is 127. The predicted octanol–water partition coefficient (Wildman–Crippen LogP) is 4.53. The lowest BCUT2D eigenvalue weighted by molar-refractivity contribution is -0.0149. The first kappa shape index (κ1) is 23.4. The zero-order valence-corrected chi connectivity index (χ0v) is 19.1. The van der Waals surface area contributed by atoms with E-state index in [0.717, 1.165) is 25.5 Å². The van der Waals surface area contributed by atoms with Gasteiger partial charge >= 0.3 is 0 Å². The van der Waals surface area contributed by atoms with Gasteiger partial charge in [0.25, 0.3) is 0 Å². The Morgan fingerprint density at radius 2 is 1.59 bits per heavy atom. The maximum Gasteiger partial charge on any atom is 0.191 e. The first-order valence-corrected chi connectivity index (χ1v) is 9.16. The minimum Gasteiger partial charge on any atom is -0.371 e. The number of aliphatic imine (C=N–C) groups is 1. The fraction of sp³-hybridized carbons (Fsp3) is 0.409. The number of guanidine groups is 1. The van der Waals surface area contributed by atoms with Crippen molar-refractivity contribution in [1.82, 2.24) is 10.6 Å². The van der Waals surface area contributed by atoms with E-state index in [1.54, 1.807) is 7.05 Å². The van der Waals surface area contributed by atoms with E-state index in [1.807, 2.05) is 6.07 Å². The van der Waals surface area contributed by atoms with Gasteiger partial charge < -0.3 is 15.4 Å². The summed E-state index contributed by atoms with van der Waals surface area (Å²) in [5.74, 6) is 0.817. The Labute approximate surface area is 180 Å². The number of halogens is 1. The van der Waals surface area contributed by atoms with E-state index >= 15 is 0 Å². The molecule has 0 spiro atoms. The average Bonchev–Trinajstić information content (AvgIpc) is 2.63. The molecule has 2 aromatic carbocycles. The lowest BCUT2D eigenvalue weighted by Crippen LogP contribution is -2.37. The second kappa shape index (κ2) is 12.0. The van der Waals surface area contributed by atoms with E-state index in [9.17, 15) is 0 Å². The van der Waals surface area contributed by atoms with Crippen molar-refractivity contribution < 1.29 is 4.74 Å². The quantitative estimate of drug-likeness (QED) is 0.347. The van der Waals surface area contributed by atoms with Crippen molar-refractivity contribution in [1.29, 1.82) is 0 Å². The van der Waals surface area contributed by atoms with Crippen LogP contribution in [0.2, 0.25) is 0 Å². The van der Waals surface area contributed by atoms with Crippen molar-refractivity contribution in [2.24, 2.45) is 4.99 Å². The molecule has 0 amide bonds. The second-order valence-corrected chi connectivity index (χ2v) is 7.31. The molecule has 0 aliphatic carbocycles. The van der Waals surface area contributed by atoms with Crippen molar-refractivity contribution >= 4 is 29.9 Å². The van der Waals surface area contributed by atoms with Gasteiger partial charge in [-0.1, -0.05) is 54.6 Å². The number of nitrogens with one attached hydrogen (secondary N) is 2. The minimum absolute atomic E-state index is 0. The van der Waals surface area contributed by atoms with Gasteiger partial charge in [0.15, 0.2) is 5.96 Å². The van der Waals surface area contributed by atoms with Crippen molar-refractivity contribution in [2.45, 2.75) is 45.9 Å². The molecular weight excluding hydrogens is 449 g/mol. The van der Waals surface area contributed by atoms with Gasteiger partial charge in [0.1, 0.15) is 0 Å². The summed E-state index contributed by atoms with van der Waals surface area (Å²) >= 11 is 0. The molecule has 0 atom stereocenters. The molecule has 0 aliphatic rings. The molecule has 0 aromatic heterocycles. The number of ether oxygens (including phenoxy) is 1. The summed E-state index contributed by atoms with van der Waals surface area (Å²) in [4.78, 5) is 4.30. The summed E-state index contributed by atoms with van der Waals surface area (Å²) in [6, 6.07) is 18.9.